The van der Waals surface area contributed by atoms with Crippen LogP contribution in [0.2, 0.25) is 0 Å². The van der Waals surface area contributed by atoms with E-state index < -0.39 is 0 Å². The molecule has 9 nitrogen and oxygen atoms in total. The lowest BCUT2D eigenvalue weighted by atomic mass is 10.2. The van der Waals surface area contributed by atoms with E-state index in [4.69, 9.17) is 9.26 Å². The van der Waals surface area contributed by atoms with Crippen LogP contribution in [0.1, 0.15) is 12.8 Å². The van der Waals surface area contributed by atoms with E-state index in [9.17, 15) is 4.79 Å². The van der Waals surface area contributed by atoms with Gasteiger partial charge in [0.25, 0.3) is 5.89 Å². The van der Waals surface area contributed by atoms with Gasteiger partial charge in [0, 0.05) is 25.8 Å². The van der Waals surface area contributed by atoms with E-state index in [1.165, 1.54) is 11.8 Å². The first-order valence-corrected chi connectivity index (χ1v) is 9.99. The average molecular weight is 400 g/mol. The van der Waals surface area contributed by atoms with Gasteiger partial charge in [-0.2, -0.15) is 4.98 Å². The molecule has 146 valence electrons. The highest BCUT2D eigenvalue weighted by Crippen LogP contribution is 2.24. The molecule has 10 heteroatoms. The Morgan fingerprint density at radius 3 is 2.96 bits per heavy atom. The molecule has 0 spiro atoms. The molecule has 28 heavy (non-hydrogen) atoms. The summed E-state index contributed by atoms with van der Waals surface area (Å²) in [6.45, 7) is 1.33. The third-order valence-corrected chi connectivity index (χ3v) is 5.39. The van der Waals surface area contributed by atoms with Crippen LogP contribution >= 0.6 is 11.8 Å². The SMILES string of the molecule is Cn1c(SCC(=O)NCC2CCCO2)nnc1-c1nc(-c2ccccc2)no1. The summed E-state index contributed by atoms with van der Waals surface area (Å²) in [5, 5.41) is 15.7. The van der Waals surface area contributed by atoms with Crippen molar-refractivity contribution in [2.75, 3.05) is 18.9 Å². The van der Waals surface area contributed by atoms with Gasteiger partial charge in [0.2, 0.25) is 17.6 Å². The normalized spacial score (nSPS) is 16.4. The number of thioether (sulfide) groups is 1. The molecule has 1 saturated heterocycles. The van der Waals surface area contributed by atoms with Crippen LogP contribution in [0.25, 0.3) is 23.1 Å². The van der Waals surface area contributed by atoms with Crippen LogP contribution in [-0.2, 0) is 16.6 Å². The number of nitrogens with one attached hydrogen (secondary N) is 1. The van der Waals surface area contributed by atoms with Gasteiger partial charge in [-0.15, -0.1) is 10.2 Å². The predicted octanol–water partition coefficient (Wildman–Crippen LogP) is 1.92. The highest BCUT2D eigenvalue weighted by atomic mass is 32.2. The first-order valence-electron chi connectivity index (χ1n) is 9.00. The van der Waals surface area contributed by atoms with Gasteiger partial charge in [-0.05, 0) is 12.8 Å². The molecule has 1 N–H and O–H groups in total. The molecular weight excluding hydrogens is 380 g/mol. The molecule has 0 aliphatic carbocycles. The Hall–Kier alpha value is -2.72. The summed E-state index contributed by atoms with van der Waals surface area (Å²) in [5.41, 5.74) is 0.859. The number of carbonyl (C=O) groups excluding carboxylic acids is 1. The number of aromatic nitrogens is 5. The molecule has 3 heterocycles. The summed E-state index contributed by atoms with van der Waals surface area (Å²) in [6.07, 6.45) is 2.18. The fraction of sp³-hybridized carbons (Fsp3) is 0.389. The highest BCUT2D eigenvalue weighted by Gasteiger charge is 2.20. The van der Waals surface area contributed by atoms with Crippen molar-refractivity contribution in [3.05, 3.63) is 30.3 Å². The summed E-state index contributed by atoms with van der Waals surface area (Å²) in [5.74, 6) is 1.41. The topological polar surface area (TPSA) is 108 Å². The van der Waals surface area contributed by atoms with E-state index >= 15 is 0 Å². The third-order valence-electron chi connectivity index (χ3n) is 4.37. The van der Waals surface area contributed by atoms with Crippen molar-refractivity contribution in [2.24, 2.45) is 7.05 Å². The number of benzene rings is 1. The van der Waals surface area contributed by atoms with E-state index in [0.29, 0.717) is 23.4 Å². The molecule has 1 unspecified atom stereocenters. The zero-order valence-electron chi connectivity index (χ0n) is 15.4. The van der Waals surface area contributed by atoms with Gasteiger partial charge in [0.15, 0.2) is 5.16 Å². The Labute approximate surface area is 165 Å². The maximum atomic E-state index is 12.0. The van der Waals surface area contributed by atoms with Crippen molar-refractivity contribution >= 4 is 17.7 Å². The van der Waals surface area contributed by atoms with Gasteiger partial charge in [-0.1, -0.05) is 47.3 Å². The number of hydrogen-bond acceptors (Lipinski definition) is 8. The van der Waals surface area contributed by atoms with Crippen LogP contribution in [0, 0.1) is 0 Å². The minimum Gasteiger partial charge on any atom is -0.376 e. The lowest BCUT2D eigenvalue weighted by molar-refractivity contribution is -0.119. The molecule has 1 aliphatic rings. The smallest absolute Gasteiger partial charge is 0.296 e. The van der Waals surface area contributed by atoms with Gasteiger partial charge in [0.1, 0.15) is 0 Å². The van der Waals surface area contributed by atoms with Gasteiger partial charge in [0.05, 0.1) is 11.9 Å². The number of rotatable bonds is 7. The second-order valence-electron chi connectivity index (χ2n) is 6.38. The number of hydrogen-bond donors (Lipinski definition) is 1. The van der Waals surface area contributed by atoms with Crippen molar-refractivity contribution in [3.8, 4) is 23.1 Å². The second kappa shape index (κ2) is 8.53. The quantitative estimate of drug-likeness (QED) is 0.599. The molecule has 1 aromatic carbocycles. The molecule has 0 radical (unpaired) electrons. The van der Waals surface area contributed by atoms with Gasteiger partial charge in [-0.25, -0.2) is 0 Å². The molecule has 2 aromatic heterocycles. The minimum absolute atomic E-state index is 0.0609. The fourth-order valence-corrected chi connectivity index (χ4v) is 3.60. The molecule has 1 aliphatic heterocycles. The van der Waals surface area contributed by atoms with Crippen LogP contribution in [0.5, 0.6) is 0 Å². The molecule has 0 saturated carbocycles. The predicted molar refractivity (Wildman–Crippen MR) is 102 cm³/mol. The Morgan fingerprint density at radius 1 is 1.32 bits per heavy atom. The molecule has 1 amide bonds. The van der Waals surface area contributed by atoms with Crippen LogP contribution in [0.4, 0.5) is 0 Å². The zero-order chi connectivity index (χ0) is 19.3. The van der Waals surface area contributed by atoms with E-state index in [2.05, 4.69) is 25.7 Å². The molecule has 1 atom stereocenters. The first-order chi connectivity index (χ1) is 13.7. The van der Waals surface area contributed by atoms with Crippen LogP contribution in [0.15, 0.2) is 40.0 Å². The summed E-state index contributed by atoms with van der Waals surface area (Å²) < 4.78 is 12.6. The fourth-order valence-electron chi connectivity index (χ4n) is 2.86. The zero-order valence-corrected chi connectivity index (χ0v) is 16.2. The van der Waals surface area contributed by atoms with Crippen molar-refractivity contribution in [3.63, 3.8) is 0 Å². The molecule has 0 bridgehead atoms. The lowest BCUT2D eigenvalue weighted by Gasteiger charge is -2.10. The summed E-state index contributed by atoms with van der Waals surface area (Å²) >= 11 is 1.30. The number of ether oxygens (including phenoxy) is 1. The Bertz CT molecular complexity index is 936. The van der Waals surface area contributed by atoms with Crippen molar-refractivity contribution in [1.29, 1.82) is 0 Å². The largest absolute Gasteiger partial charge is 0.376 e. The maximum absolute atomic E-state index is 12.0. The summed E-state index contributed by atoms with van der Waals surface area (Å²) in [4.78, 5) is 16.4. The Morgan fingerprint density at radius 2 is 2.18 bits per heavy atom. The maximum Gasteiger partial charge on any atom is 0.296 e. The molecular formula is C18H20N6O3S. The molecule has 4 rings (SSSR count). The summed E-state index contributed by atoms with van der Waals surface area (Å²) in [7, 11) is 1.80. The third kappa shape index (κ3) is 4.23. The van der Waals surface area contributed by atoms with Crippen LogP contribution < -0.4 is 5.32 Å². The second-order valence-corrected chi connectivity index (χ2v) is 7.32. The van der Waals surface area contributed by atoms with Crippen LogP contribution in [0.3, 0.4) is 0 Å². The average Bonchev–Trinajstić information content (AvgIpc) is 3.47. The Balaban J connectivity index is 1.36. The van der Waals surface area contributed by atoms with Gasteiger partial charge >= 0.3 is 0 Å². The summed E-state index contributed by atoms with van der Waals surface area (Å²) in [6, 6.07) is 9.55. The Kier molecular flexibility index (Phi) is 5.68. The van der Waals surface area contributed by atoms with E-state index in [0.717, 1.165) is 25.0 Å². The number of amides is 1. The minimum atomic E-state index is -0.0609. The number of carbonyl (C=O) groups is 1. The van der Waals surface area contributed by atoms with E-state index in [1.807, 2.05) is 30.3 Å². The monoisotopic (exact) mass is 400 g/mol. The van der Waals surface area contributed by atoms with Gasteiger partial charge < -0.3 is 19.1 Å². The first kappa shape index (κ1) is 18.6. The highest BCUT2D eigenvalue weighted by molar-refractivity contribution is 7.99. The number of nitrogens with zero attached hydrogens (tertiary/aromatic N) is 5. The van der Waals surface area contributed by atoms with Crippen molar-refractivity contribution in [2.45, 2.75) is 24.1 Å². The van der Waals surface area contributed by atoms with E-state index in [1.54, 1.807) is 11.6 Å². The molecule has 1 fully saturated rings. The standard InChI is InChI=1S/C18H20N6O3S/c1-24-16(17-20-15(23-27-17)12-6-3-2-4-7-12)21-22-18(24)28-11-14(25)19-10-13-8-5-9-26-13/h2-4,6-7,13H,5,8-11H2,1H3,(H,19,25). The van der Waals surface area contributed by atoms with Crippen molar-refractivity contribution in [1.82, 2.24) is 30.2 Å². The lowest BCUT2D eigenvalue weighted by Crippen LogP contribution is -2.32. The molecule has 3 aromatic rings. The van der Waals surface area contributed by atoms with Crippen molar-refractivity contribution < 1.29 is 14.1 Å². The van der Waals surface area contributed by atoms with Gasteiger partial charge in [-0.3, -0.25) is 4.79 Å². The van der Waals surface area contributed by atoms with Crippen LogP contribution in [-0.4, -0.2) is 55.8 Å². The van der Waals surface area contributed by atoms with E-state index in [-0.39, 0.29) is 23.7 Å².